The molecule has 4 fully saturated rings. The fraction of sp³-hybridized carbons (Fsp3) is 0.952. The zero-order chi connectivity index (χ0) is 18.7. The number of halogens is 3. The van der Waals surface area contributed by atoms with Gasteiger partial charge in [0.15, 0.2) is 5.71 Å². The second-order valence-corrected chi connectivity index (χ2v) is 10.0. The Morgan fingerprint density at radius 3 is 2.38 bits per heavy atom. The Morgan fingerprint density at radius 2 is 1.69 bits per heavy atom. The minimum atomic E-state index is -4.52. The van der Waals surface area contributed by atoms with Gasteiger partial charge in [-0.25, -0.2) is 0 Å². The van der Waals surface area contributed by atoms with Crippen molar-refractivity contribution in [1.82, 2.24) is 0 Å². The van der Waals surface area contributed by atoms with E-state index < -0.39 is 17.8 Å². The van der Waals surface area contributed by atoms with Crippen LogP contribution < -0.4 is 0 Å². The molecule has 0 aromatic rings. The summed E-state index contributed by atoms with van der Waals surface area (Å²) in [5.41, 5.74) is -1.28. The minimum Gasteiger partial charge on any atom is -0.411 e. The highest BCUT2D eigenvalue weighted by atomic mass is 19.4. The van der Waals surface area contributed by atoms with E-state index >= 15 is 0 Å². The molecule has 26 heavy (non-hydrogen) atoms. The van der Waals surface area contributed by atoms with Gasteiger partial charge in [-0.2, -0.15) is 13.2 Å². The number of alkyl halides is 3. The highest BCUT2D eigenvalue weighted by Gasteiger charge is 2.60. The molecule has 0 bridgehead atoms. The van der Waals surface area contributed by atoms with Crippen LogP contribution in [-0.2, 0) is 0 Å². The predicted molar refractivity (Wildman–Crippen MR) is 95.0 cm³/mol. The van der Waals surface area contributed by atoms with Crippen LogP contribution >= 0.6 is 0 Å². The molecule has 0 saturated heterocycles. The third-order valence-corrected chi connectivity index (χ3v) is 8.94. The summed E-state index contributed by atoms with van der Waals surface area (Å²) < 4.78 is 40.2. The molecule has 4 rings (SSSR count). The smallest absolute Gasteiger partial charge is 0.411 e. The molecule has 0 aromatic heterocycles. The summed E-state index contributed by atoms with van der Waals surface area (Å²) in [5, 5.41) is 11.9. The maximum Gasteiger partial charge on any atom is 0.432 e. The first-order chi connectivity index (χ1) is 12.3. The monoisotopic (exact) mass is 371 g/mol. The molecule has 4 aliphatic carbocycles. The first-order valence-corrected chi connectivity index (χ1v) is 10.5. The molecule has 0 spiro atoms. The van der Waals surface area contributed by atoms with Crippen molar-refractivity contribution >= 4 is 5.71 Å². The molecule has 1 N–H and O–H groups in total. The first kappa shape index (κ1) is 18.6. The van der Waals surface area contributed by atoms with Crippen LogP contribution in [0.2, 0.25) is 0 Å². The summed E-state index contributed by atoms with van der Waals surface area (Å²) >= 11 is 0. The van der Waals surface area contributed by atoms with Gasteiger partial charge in [-0.1, -0.05) is 25.4 Å². The van der Waals surface area contributed by atoms with E-state index in [0.717, 1.165) is 42.9 Å². The normalized spacial score (nSPS) is 49.3. The molecule has 4 aliphatic rings. The topological polar surface area (TPSA) is 32.6 Å². The summed E-state index contributed by atoms with van der Waals surface area (Å²) in [4.78, 5) is 0. The Hall–Kier alpha value is -0.740. The van der Waals surface area contributed by atoms with Crippen LogP contribution in [0.5, 0.6) is 0 Å². The number of hydrogen-bond donors (Lipinski definition) is 1. The molecule has 0 radical (unpaired) electrons. The van der Waals surface area contributed by atoms with E-state index in [1.165, 1.54) is 32.1 Å². The van der Waals surface area contributed by atoms with Crippen LogP contribution in [0, 0.1) is 46.8 Å². The van der Waals surface area contributed by atoms with Crippen LogP contribution in [0.25, 0.3) is 0 Å². The molecular weight excluding hydrogens is 339 g/mol. The molecule has 8 unspecified atom stereocenters. The van der Waals surface area contributed by atoms with Gasteiger partial charge in [-0.3, -0.25) is 0 Å². The molecule has 0 aliphatic heterocycles. The summed E-state index contributed by atoms with van der Waals surface area (Å²) in [5.74, 6) is 3.54. The lowest BCUT2D eigenvalue weighted by atomic mass is 9.49. The molecule has 4 saturated carbocycles. The lowest BCUT2D eigenvalue weighted by molar-refractivity contribution is -0.0810. The standard InChI is InChI=1S/C21H32F3NO/c1-12-3-5-14-13(11-12)4-6-16-15(14)9-10-20(2)17(16)7-8-18(20)19(25-26)21(22,23)24/h12-18,26H,3-11H2,1-2H3/b25-19+. The van der Waals surface area contributed by atoms with Gasteiger partial charge in [-0.15, -0.1) is 0 Å². The molecule has 2 nitrogen and oxygen atoms in total. The van der Waals surface area contributed by atoms with Gasteiger partial charge in [-0.05, 0) is 92.3 Å². The summed E-state index contributed by atoms with van der Waals surface area (Å²) in [7, 11) is 0. The van der Waals surface area contributed by atoms with Crippen molar-refractivity contribution in [1.29, 1.82) is 0 Å². The largest absolute Gasteiger partial charge is 0.432 e. The van der Waals surface area contributed by atoms with E-state index in [9.17, 15) is 13.2 Å². The maximum absolute atomic E-state index is 13.4. The molecule has 148 valence electrons. The van der Waals surface area contributed by atoms with Crippen LogP contribution in [0.4, 0.5) is 13.2 Å². The van der Waals surface area contributed by atoms with Gasteiger partial charge < -0.3 is 5.21 Å². The Balaban J connectivity index is 1.57. The van der Waals surface area contributed by atoms with Crippen molar-refractivity contribution in [2.45, 2.75) is 77.8 Å². The number of fused-ring (bicyclic) bond motifs is 5. The third-order valence-electron chi connectivity index (χ3n) is 8.94. The van der Waals surface area contributed by atoms with Gasteiger partial charge in [0.05, 0.1) is 0 Å². The third kappa shape index (κ3) is 2.79. The maximum atomic E-state index is 13.4. The Labute approximate surface area is 154 Å². The minimum absolute atomic E-state index is 0.354. The highest BCUT2D eigenvalue weighted by Crippen LogP contribution is 2.65. The second-order valence-electron chi connectivity index (χ2n) is 10.0. The van der Waals surface area contributed by atoms with Gasteiger partial charge in [0.1, 0.15) is 0 Å². The van der Waals surface area contributed by atoms with E-state index in [-0.39, 0.29) is 5.41 Å². The Bertz CT molecular complexity index is 574. The quantitative estimate of drug-likeness (QED) is 0.328. The molecular formula is C21H32F3NO. The van der Waals surface area contributed by atoms with Crippen LogP contribution in [0.15, 0.2) is 5.16 Å². The molecule has 0 aromatic carbocycles. The van der Waals surface area contributed by atoms with Crippen LogP contribution in [0.1, 0.15) is 71.6 Å². The van der Waals surface area contributed by atoms with Crippen LogP contribution in [0.3, 0.4) is 0 Å². The molecule has 0 amide bonds. The Morgan fingerprint density at radius 1 is 0.962 bits per heavy atom. The van der Waals surface area contributed by atoms with E-state index in [2.05, 4.69) is 19.0 Å². The fourth-order valence-electron chi connectivity index (χ4n) is 7.86. The number of hydrogen-bond acceptors (Lipinski definition) is 2. The SMILES string of the molecule is CC1CCC2C(CCC3C2CCC2(C)C(/C(=N\O)C(F)(F)F)CCC32)C1. The van der Waals surface area contributed by atoms with E-state index in [1.54, 1.807) is 0 Å². The molecule has 8 atom stereocenters. The molecule has 0 heterocycles. The van der Waals surface area contributed by atoms with Crippen molar-refractivity contribution in [2.75, 3.05) is 0 Å². The van der Waals surface area contributed by atoms with Gasteiger partial charge >= 0.3 is 6.18 Å². The van der Waals surface area contributed by atoms with Crippen molar-refractivity contribution in [3.63, 3.8) is 0 Å². The second kappa shape index (κ2) is 6.41. The number of nitrogens with zero attached hydrogens (tertiary/aromatic N) is 1. The highest BCUT2D eigenvalue weighted by molar-refractivity contribution is 5.92. The van der Waals surface area contributed by atoms with Gasteiger partial charge in [0, 0.05) is 5.92 Å². The first-order valence-electron chi connectivity index (χ1n) is 10.5. The number of oxime groups is 1. The van der Waals surface area contributed by atoms with E-state index in [0.29, 0.717) is 18.3 Å². The average Bonchev–Trinajstić information content (AvgIpc) is 2.91. The average molecular weight is 371 g/mol. The van der Waals surface area contributed by atoms with E-state index in [4.69, 9.17) is 5.21 Å². The summed E-state index contributed by atoms with van der Waals surface area (Å²) in [6.07, 6.45) is 5.27. The van der Waals surface area contributed by atoms with Crippen molar-refractivity contribution in [3.05, 3.63) is 0 Å². The van der Waals surface area contributed by atoms with Crippen molar-refractivity contribution < 1.29 is 18.4 Å². The summed E-state index contributed by atoms with van der Waals surface area (Å²) in [6, 6.07) is 0. The van der Waals surface area contributed by atoms with E-state index in [1.807, 2.05) is 0 Å². The fourth-order valence-corrected chi connectivity index (χ4v) is 7.86. The van der Waals surface area contributed by atoms with Crippen molar-refractivity contribution in [3.8, 4) is 0 Å². The van der Waals surface area contributed by atoms with Crippen LogP contribution in [-0.4, -0.2) is 17.1 Å². The zero-order valence-corrected chi connectivity index (χ0v) is 15.9. The number of rotatable bonds is 1. The van der Waals surface area contributed by atoms with Gasteiger partial charge in [0.2, 0.25) is 0 Å². The lowest BCUT2D eigenvalue weighted by Crippen LogP contribution is -2.50. The predicted octanol–water partition coefficient (Wildman–Crippen LogP) is 6.28. The Kier molecular flexibility index (Phi) is 4.59. The lowest BCUT2D eigenvalue weighted by Gasteiger charge is -2.56. The molecule has 5 heteroatoms. The van der Waals surface area contributed by atoms with Crippen molar-refractivity contribution in [2.24, 2.45) is 52.0 Å². The summed E-state index contributed by atoms with van der Waals surface area (Å²) in [6.45, 7) is 4.42. The van der Waals surface area contributed by atoms with Gasteiger partial charge in [0.25, 0.3) is 0 Å². The zero-order valence-electron chi connectivity index (χ0n) is 15.9.